The lowest BCUT2D eigenvalue weighted by Gasteiger charge is -2.36. The quantitative estimate of drug-likeness (QED) is 0.278. The van der Waals surface area contributed by atoms with E-state index >= 15 is 0 Å². The number of hydrogen-bond donors (Lipinski definition) is 1. The highest BCUT2D eigenvalue weighted by molar-refractivity contribution is 6.99. The van der Waals surface area contributed by atoms with E-state index in [-0.39, 0.29) is 42.7 Å². The van der Waals surface area contributed by atoms with Crippen LogP contribution in [-0.4, -0.2) is 68.3 Å². The molecule has 9 nitrogen and oxygen atoms in total. The lowest BCUT2D eigenvalue weighted by atomic mass is 10.0. The van der Waals surface area contributed by atoms with E-state index < -0.39 is 14.4 Å². The van der Waals surface area contributed by atoms with Crippen LogP contribution in [0, 0.1) is 5.41 Å². The largest absolute Gasteiger partial charge is 0.464 e. The molecule has 32 heavy (non-hydrogen) atoms. The number of ether oxygens (including phenoxy) is 2. The van der Waals surface area contributed by atoms with E-state index in [0.29, 0.717) is 19.0 Å². The van der Waals surface area contributed by atoms with Crippen molar-refractivity contribution in [1.82, 2.24) is 15.5 Å². The number of hydrogen-bond acceptors (Lipinski definition) is 7. The minimum atomic E-state index is -2.92. The first-order valence-corrected chi connectivity index (χ1v) is 13.6. The van der Waals surface area contributed by atoms with Crippen LogP contribution < -0.4 is 5.43 Å². The summed E-state index contributed by atoms with van der Waals surface area (Å²) in [5, 5.41) is 3.03. The lowest BCUT2D eigenvalue weighted by molar-refractivity contribution is -0.123. The Labute approximate surface area is 192 Å². The summed E-state index contributed by atoms with van der Waals surface area (Å²) < 4.78 is 16.8. The van der Waals surface area contributed by atoms with E-state index in [1.807, 2.05) is 11.6 Å². The smallest absolute Gasteiger partial charge is 0.428 e. The molecule has 0 bridgehead atoms. The monoisotopic (exact) mass is 469 g/mol. The van der Waals surface area contributed by atoms with Gasteiger partial charge < -0.3 is 14.0 Å². The van der Waals surface area contributed by atoms with Crippen molar-refractivity contribution >= 4 is 25.9 Å². The van der Waals surface area contributed by atoms with Crippen molar-refractivity contribution in [3.8, 4) is 0 Å². The van der Waals surface area contributed by atoms with Gasteiger partial charge in [0.25, 0.3) is 0 Å². The molecule has 182 valence electrons. The van der Waals surface area contributed by atoms with E-state index in [0.717, 1.165) is 17.9 Å². The zero-order valence-corrected chi connectivity index (χ0v) is 21.1. The molecular weight excluding hydrogens is 430 g/mol. The highest BCUT2D eigenvalue weighted by Gasteiger charge is 2.47. The predicted molar refractivity (Wildman–Crippen MR) is 125 cm³/mol. The SMILES string of the molecule is C=CCOC(=O)N(CCC1CCCN1O[Si](C)(CC(C)(C)C)C(=O)OCC=C)NC(C)=O. The molecule has 1 aliphatic rings. The zero-order chi connectivity index (χ0) is 24.4. The van der Waals surface area contributed by atoms with Gasteiger partial charge in [0.1, 0.15) is 13.2 Å². The van der Waals surface area contributed by atoms with Gasteiger partial charge in [0.15, 0.2) is 0 Å². The Morgan fingerprint density at radius 3 is 2.38 bits per heavy atom. The molecule has 0 aromatic carbocycles. The van der Waals surface area contributed by atoms with E-state index in [1.165, 1.54) is 13.0 Å². The maximum Gasteiger partial charge on any atom is 0.428 e. The summed E-state index contributed by atoms with van der Waals surface area (Å²) in [4.78, 5) is 36.6. The molecule has 0 aromatic heterocycles. The summed E-state index contributed by atoms with van der Waals surface area (Å²) in [7, 11) is -2.92. The van der Waals surface area contributed by atoms with Crippen LogP contribution in [0.1, 0.15) is 47.0 Å². The maximum absolute atomic E-state index is 12.9. The number of hydroxylamine groups is 2. The Morgan fingerprint density at radius 1 is 1.19 bits per heavy atom. The van der Waals surface area contributed by atoms with Gasteiger partial charge in [-0.1, -0.05) is 46.1 Å². The number of carbonyl (C=O) groups is 3. The number of nitrogens with zero attached hydrogens (tertiary/aromatic N) is 2. The first-order valence-electron chi connectivity index (χ1n) is 11.0. The number of nitrogens with one attached hydrogen (secondary N) is 1. The number of hydrazine groups is 1. The molecular formula is C22H39N3O6Si. The van der Waals surface area contributed by atoms with Crippen molar-refractivity contribution < 1.29 is 28.4 Å². The minimum absolute atomic E-state index is 0.00235. The van der Waals surface area contributed by atoms with Crippen LogP contribution in [0.4, 0.5) is 9.59 Å². The molecule has 1 fully saturated rings. The Hall–Kier alpha value is -2.17. The number of amides is 2. The van der Waals surface area contributed by atoms with Gasteiger partial charge in [-0.05, 0) is 37.3 Å². The van der Waals surface area contributed by atoms with Gasteiger partial charge in [-0.3, -0.25) is 15.0 Å². The molecule has 0 saturated carbocycles. The van der Waals surface area contributed by atoms with E-state index in [4.69, 9.17) is 14.0 Å². The topological polar surface area (TPSA) is 97.4 Å². The van der Waals surface area contributed by atoms with Crippen molar-refractivity contribution in [1.29, 1.82) is 0 Å². The van der Waals surface area contributed by atoms with Crippen LogP contribution in [-0.2, 0) is 18.8 Å². The molecule has 1 heterocycles. The molecule has 1 aliphatic heterocycles. The zero-order valence-electron chi connectivity index (χ0n) is 20.1. The fourth-order valence-electron chi connectivity index (χ4n) is 3.79. The van der Waals surface area contributed by atoms with Crippen LogP contribution in [0.15, 0.2) is 25.3 Å². The first-order chi connectivity index (χ1) is 14.9. The van der Waals surface area contributed by atoms with Crippen molar-refractivity contribution in [2.24, 2.45) is 5.41 Å². The second-order valence-corrected chi connectivity index (χ2v) is 12.8. The third-order valence-electron chi connectivity index (χ3n) is 4.80. The summed E-state index contributed by atoms with van der Waals surface area (Å²) in [6, 6.07) is 0.600. The highest BCUT2D eigenvalue weighted by Crippen LogP contribution is 2.33. The Bertz CT molecular complexity index is 681. The molecule has 2 amide bonds. The fourth-order valence-corrected chi connectivity index (χ4v) is 7.24. The molecule has 0 aliphatic carbocycles. The molecule has 0 radical (unpaired) electrons. The average Bonchev–Trinajstić information content (AvgIpc) is 3.12. The van der Waals surface area contributed by atoms with Crippen molar-refractivity contribution in [3.63, 3.8) is 0 Å². The normalized spacial score (nSPS) is 18.3. The van der Waals surface area contributed by atoms with Crippen LogP contribution >= 0.6 is 0 Å². The molecule has 1 rings (SSSR count). The van der Waals surface area contributed by atoms with Gasteiger partial charge in [-0.2, -0.15) is 5.06 Å². The molecule has 1 saturated heterocycles. The predicted octanol–water partition coefficient (Wildman–Crippen LogP) is 3.97. The highest BCUT2D eigenvalue weighted by atomic mass is 28.4. The standard InChI is InChI=1S/C22H39N3O6Si/c1-8-15-29-20(27)24(23-18(3)26)14-12-19-11-10-13-25(19)31-32(7,17-22(4,5)6)21(28)30-16-9-2/h8-9,19H,1-2,10-17H2,3-7H3,(H,23,26). The molecule has 2 unspecified atom stereocenters. The second-order valence-electron chi connectivity index (χ2n) is 9.36. The van der Waals surface area contributed by atoms with Crippen molar-refractivity contribution in [3.05, 3.63) is 25.3 Å². The van der Waals surface area contributed by atoms with Crippen molar-refractivity contribution in [2.45, 2.75) is 65.6 Å². The van der Waals surface area contributed by atoms with Crippen LogP contribution in [0.25, 0.3) is 0 Å². The van der Waals surface area contributed by atoms with Gasteiger partial charge in [-0.25, -0.2) is 9.80 Å². The summed E-state index contributed by atoms with van der Waals surface area (Å²) in [6.45, 7) is 17.7. The van der Waals surface area contributed by atoms with E-state index in [9.17, 15) is 14.4 Å². The molecule has 0 spiro atoms. The number of carbonyl (C=O) groups excluding carboxylic acids is 3. The molecule has 1 N–H and O–H groups in total. The van der Waals surface area contributed by atoms with Gasteiger partial charge >= 0.3 is 20.0 Å². The van der Waals surface area contributed by atoms with E-state index in [1.54, 1.807) is 6.08 Å². The third-order valence-corrected chi connectivity index (χ3v) is 8.18. The molecule has 0 aromatic rings. The first kappa shape index (κ1) is 27.9. The van der Waals surface area contributed by atoms with Crippen LogP contribution in [0.5, 0.6) is 0 Å². The van der Waals surface area contributed by atoms with Gasteiger partial charge in [-0.15, -0.1) is 0 Å². The Balaban J connectivity index is 2.88. The second kappa shape index (κ2) is 12.8. The van der Waals surface area contributed by atoms with E-state index in [2.05, 4.69) is 39.4 Å². The van der Waals surface area contributed by atoms with Crippen LogP contribution in [0.3, 0.4) is 0 Å². The number of rotatable bonds is 11. The summed E-state index contributed by atoms with van der Waals surface area (Å²) in [6.07, 6.45) is 4.67. The van der Waals surface area contributed by atoms with Gasteiger partial charge in [0.05, 0.1) is 0 Å². The lowest BCUT2D eigenvalue weighted by Crippen LogP contribution is -2.53. The fraction of sp³-hybridized carbons (Fsp3) is 0.682. The van der Waals surface area contributed by atoms with Gasteiger partial charge in [0.2, 0.25) is 5.91 Å². The minimum Gasteiger partial charge on any atom is -0.464 e. The average molecular weight is 470 g/mol. The molecule has 2 atom stereocenters. The summed E-state index contributed by atoms with van der Waals surface area (Å²) >= 11 is 0. The summed E-state index contributed by atoms with van der Waals surface area (Å²) in [5.41, 5.74) is 2.09. The third kappa shape index (κ3) is 9.54. The summed E-state index contributed by atoms with van der Waals surface area (Å²) in [5.74, 6) is -0.366. The van der Waals surface area contributed by atoms with Crippen molar-refractivity contribution in [2.75, 3.05) is 26.3 Å². The Kier molecular flexibility index (Phi) is 11.1. The van der Waals surface area contributed by atoms with Gasteiger partial charge in [0, 0.05) is 26.1 Å². The van der Waals surface area contributed by atoms with Crippen LogP contribution in [0.2, 0.25) is 12.6 Å². The molecule has 10 heteroatoms. The Morgan fingerprint density at radius 2 is 1.81 bits per heavy atom. The maximum atomic E-state index is 12.9.